The molecule has 2 heteroatoms. The van der Waals surface area contributed by atoms with E-state index in [1.54, 1.807) is 0 Å². The van der Waals surface area contributed by atoms with E-state index in [1.807, 2.05) is 13.8 Å². The standard InChI is InChI=1S/C9H18O2/c1-5-6-9(3,4)8(11)7(2)10/h8,11H,5-6H2,1-4H3/t8-/m1/s1. The molecular formula is C9H18O2. The van der Waals surface area contributed by atoms with E-state index in [9.17, 15) is 9.90 Å². The van der Waals surface area contributed by atoms with E-state index < -0.39 is 6.10 Å². The third kappa shape index (κ3) is 3.02. The monoisotopic (exact) mass is 158 g/mol. The maximum atomic E-state index is 10.8. The second-order valence-electron chi connectivity index (χ2n) is 3.75. The van der Waals surface area contributed by atoms with Crippen molar-refractivity contribution in [3.05, 3.63) is 0 Å². The van der Waals surface area contributed by atoms with Crippen molar-refractivity contribution in [2.24, 2.45) is 5.41 Å². The van der Waals surface area contributed by atoms with Crippen LogP contribution in [0.5, 0.6) is 0 Å². The molecule has 66 valence electrons. The van der Waals surface area contributed by atoms with Crippen LogP contribution in [0.2, 0.25) is 0 Å². The molecule has 0 aromatic carbocycles. The fourth-order valence-corrected chi connectivity index (χ4v) is 1.33. The minimum atomic E-state index is -0.803. The summed E-state index contributed by atoms with van der Waals surface area (Å²) in [5, 5.41) is 9.44. The molecule has 0 aromatic rings. The van der Waals surface area contributed by atoms with E-state index >= 15 is 0 Å². The van der Waals surface area contributed by atoms with Gasteiger partial charge in [0.25, 0.3) is 0 Å². The molecule has 0 aromatic heterocycles. The van der Waals surface area contributed by atoms with E-state index in [4.69, 9.17) is 0 Å². The Balaban J connectivity index is 4.16. The Morgan fingerprint density at radius 2 is 2.00 bits per heavy atom. The maximum absolute atomic E-state index is 10.8. The Morgan fingerprint density at radius 1 is 1.55 bits per heavy atom. The first kappa shape index (κ1) is 10.6. The highest BCUT2D eigenvalue weighted by molar-refractivity contribution is 5.80. The molecule has 0 amide bonds. The molecular weight excluding hydrogens is 140 g/mol. The van der Waals surface area contributed by atoms with Gasteiger partial charge in [0.2, 0.25) is 0 Å². The highest BCUT2D eigenvalue weighted by Crippen LogP contribution is 2.27. The first-order chi connectivity index (χ1) is 4.91. The summed E-state index contributed by atoms with van der Waals surface area (Å²) in [7, 11) is 0. The van der Waals surface area contributed by atoms with Crippen molar-refractivity contribution in [3.8, 4) is 0 Å². The van der Waals surface area contributed by atoms with Crippen LogP contribution in [-0.2, 0) is 4.79 Å². The lowest BCUT2D eigenvalue weighted by Gasteiger charge is -2.28. The second-order valence-corrected chi connectivity index (χ2v) is 3.75. The molecule has 0 unspecified atom stereocenters. The van der Waals surface area contributed by atoms with E-state index in [2.05, 4.69) is 6.92 Å². The van der Waals surface area contributed by atoms with Gasteiger partial charge in [-0.2, -0.15) is 0 Å². The lowest BCUT2D eigenvalue weighted by Crippen LogP contribution is -2.34. The number of aliphatic hydroxyl groups is 1. The largest absolute Gasteiger partial charge is 0.385 e. The zero-order valence-corrected chi connectivity index (χ0v) is 7.85. The third-order valence-electron chi connectivity index (χ3n) is 2.02. The van der Waals surface area contributed by atoms with Crippen molar-refractivity contribution in [1.82, 2.24) is 0 Å². The predicted molar refractivity (Wildman–Crippen MR) is 45.4 cm³/mol. The van der Waals surface area contributed by atoms with Gasteiger partial charge in [0.1, 0.15) is 6.10 Å². The van der Waals surface area contributed by atoms with Crippen molar-refractivity contribution in [3.63, 3.8) is 0 Å². The smallest absolute Gasteiger partial charge is 0.158 e. The van der Waals surface area contributed by atoms with E-state index in [0.717, 1.165) is 12.8 Å². The van der Waals surface area contributed by atoms with Gasteiger partial charge < -0.3 is 5.11 Å². The van der Waals surface area contributed by atoms with Crippen molar-refractivity contribution in [2.45, 2.75) is 46.6 Å². The summed E-state index contributed by atoms with van der Waals surface area (Å²) in [4.78, 5) is 10.8. The molecule has 0 radical (unpaired) electrons. The van der Waals surface area contributed by atoms with Crippen molar-refractivity contribution >= 4 is 5.78 Å². The number of hydrogen-bond acceptors (Lipinski definition) is 2. The first-order valence-corrected chi connectivity index (χ1v) is 4.10. The van der Waals surface area contributed by atoms with Crippen molar-refractivity contribution in [2.75, 3.05) is 0 Å². The maximum Gasteiger partial charge on any atom is 0.158 e. The number of rotatable bonds is 4. The van der Waals surface area contributed by atoms with Crippen LogP contribution in [0, 0.1) is 5.41 Å². The number of Topliss-reactive ketones (excluding diaryl/α,β-unsaturated/α-hetero) is 1. The van der Waals surface area contributed by atoms with Crippen LogP contribution in [0.15, 0.2) is 0 Å². The molecule has 0 saturated carbocycles. The normalized spacial score (nSPS) is 14.6. The summed E-state index contributed by atoms with van der Waals surface area (Å²) in [5.41, 5.74) is -0.263. The summed E-state index contributed by atoms with van der Waals surface area (Å²) in [6, 6.07) is 0. The zero-order chi connectivity index (χ0) is 9.07. The summed E-state index contributed by atoms with van der Waals surface area (Å²) in [6.45, 7) is 7.32. The lowest BCUT2D eigenvalue weighted by atomic mass is 9.81. The zero-order valence-electron chi connectivity index (χ0n) is 7.85. The summed E-state index contributed by atoms with van der Waals surface area (Å²) in [5.74, 6) is -0.136. The van der Waals surface area contributed by atoms with Crippen LogP contribution < -0.4 is 0 Å². The fraction of sp³-hybridized carbons (Fsp3) is 0.889. The van der Waals surface area contributed by atoms with Crippen LogP contribution >= 0.6 is 0 Å². The second kappa shape index (κ2) is 3.86. The van der Waals surface area contributed by atoms with Gasteiger partial charge in [0.05, 0.1) is 0 Å². The van der Waals surface area contributed by atoms with E-state index in [0.29, 0.717) is 0 Å². The molecule has 0 aliphatic rings. The Kier molecular flexibility index (Phi) is 3.73. The number of carbonyl (C=O) groups is 1. The van der Waals surface area contributed by atoms with Crippen LogP contribution in [-0.4, -0.2) is 17.0 Å². The number of hydrogen-bond donors (Lipinski definition) is 1. The van der Waals surface area contributed by atoms with Gasteiger partial charge in [0.15, 0.2) is 5.78 Å². The molecule has 0 fully saturated rings. The van der Waals surface area contributed by atoms with Crippen LogP contribution in [0.1, 0.15) is 40.5 Å². The fourth-order valence-electron chi connectivity index (χ4n) is 1.33. The SMILES string of the molecule is CCCC(C)(C)[C@H](O)C(C)=O. The predicted octanol–water partition coefficient (Wildman–Crippen LogP) is 1.76. The molecule has 0 bridgehead atoms. The van der Waals surface area contributed by atoms with Gasteiger partial charge in [-0.1, -0.05) is 27.2 Å². The van der Waals surface area contributed by atoms with Gasteiger partial charge in [-0.15, -0.1) is 0 Å². The molecule has 0 aliphatic carbocycles. The summed E-state index contributed by atoms with van der Waals surface area (Å²) < 4.78 is 0. The van der Waals surface area contributed by atoms with E-state index in [1.165, 1.54) is 6.92 Å². The minimum Gasteiger partial charge on any atom is -0.385 e. The van der Waals surface area contributed by atoms with Gasteiger partial charge in [-0.25, -0.2) is 0 Å². The Bertz CT molecular complexity index is 138. The average molecular weight is 158 g/mol. The Labute approximate surface area is 68.6 Å². The lowest BCUT2D eigenvalue weighted by molar-refractivity contribution is -0.130. The number of aliphatic hydroxyl groups excluding tert-OH is 1. The van der Waals surface area contributed by atoms with E-state index in [-0.39, 0.29) is 11.2 Å². The molecule has 0 aliphatic heterocycles. The van der Waals surface area contributed by atoms with Crippen molar-refractivity contribution < 1.29 is 9.90 Å². The van der Waals surface area contributed by atoms with Crippen LogP contribution in [0.3, 0.4) is 0 Å². The Morgan fingerprint density at radius 3 is 2.27 bits per heavy atom. The molecule has 2 nitrogen and oxygen atoms in total. The molecule has 0 spiro atoms. The molecule has 1 atom stereocenters. The molecule has 0 rings (SSSR count). The highest BCUT2D eigenvalue weighted by atomic mass is 16.3. The first-order valence-electron chi connectivity index (χ1n) is 4.10. The van der Waals surface area contributed by atoms with Gasteiger partial charge in [-0.3, -0.25) is 4.79 Å². The van der Waals surface area contributed by atoms with Crippen molar-refractivity contribution in [1.29, 1.82) is 0 Å². The van der Waals surface area contributed by atoms with Crippen LogP contribution in [0.25, 0.3) is 0 Å². The third-order valence-corrected chi connectivity index (χ3v) is 2.02. The average Bonchev–Trinajstić information content (AvgIpc) is 1.86. The minimum absolute atomic E-state index is 0.136. The summed E-state index contributed by atoms with van der Waals surface area (Å²) in [6.07, 6.45) is 1.08. The molecule has 11 heavy (non-hydrogen) atoms. The molecule has 0 heterocycles. The molecule has 0 saturated heterocycles. The number of carbonyl (C=O) groups excluding carboxylic acids is 1. The van der Waals surface area contributed by atoms with Gasteiger partial charge in [-0.05, 0) is 18.8 Å². The van der Waals surface area contributed by atoms with Crippen LogP contribution in [0.4, 0.5) is 0 Å². The highest BCUT2D eigenvalue weighted by Gasteiger charge is 2.29. The van der Waals surface area contributed by atoms with Gasteiger partial charge in [0, 0.05) is 0 Å². The molecule has 1 N–H and O–H groups in total. The number of ketones is 1. The summed E-state index contributed by atoms with van der Waals surface area (Å²) >= 11 is 0. The quantitative estimate of drug-likeness (QED) is 0.677. The Hall–Kier alpha value is -0.370. The van der Waals surface area contributed by atoms with Gasteiger partial charge >= 0.3 is 0 Å². The topological polar surface area (TPSA) is 37.3 Å².